The van der Waals surface area contributed by atoms with Crippen LogP contribution in [-0.4, -0.2) is 12.0 Å². The topological polar surface area (TPSA) is 27.8 Å². The van der Waals surface area contributed by atoms with Crippen LogP contribution in [0.25, 0.3) is 10.9 Å². The molecular weight excluding hydrogens is 196 g/mol. The molecule has 0 aliphatic carbocycles. The summed E-state index contributed by atoms with van der Waals surface area (Å²) in [6.07, 6.45) is 2.12. The van der Waals surface area contributed by atoms with Gasteiger partial charge in [-0.1, -0.05) is 6.07 Å². The molecule has 0 saturated heterocycles. The van der Waals surface area contributed by atoms with E-state index in [1.807, 2.05) is 7.05 Å². The first kappa shape index (κ1) is 11.2. The number of aromatic amines is 1. The van der Waals surface area contributed by atoms with Gasteiger partial charge in [-0.25, -0.2) is 0 Å². The van der Waals surface area contributed by atoms with E-state index < -0.39 is 0 Å². The molecule has 0 radical (unpaired) electrons. The van der Waals surface area contributed by atoms with Crippen molar-refractivity contribution in [2.45, 2.75) is 33.2 Å². The molecule has 0 atom stereocenters. The van der Waals surface area contributed by atoms with Crippen molar-refractivity contribution in [1.29, 1.82) is 0 Å². The molecular formula is C14H20N2. The van der Waals surface area contributed by atoms with Crippen LogP contribution in [0.5, 0.6) is 0 Å². The van der Waals surface area contributed by atoms with Crippen molar-refractivity contribution in [3.8, 4) is 0 Å². The molecule has 2 nitrogen and oxygen atoms in total. The molecule has 2 rings (SSSR count). The fourth-order valence-corrected chi connectivity index (χ4v) is 2.29. The van der Waals surface area contributed by atoms with Crippen LogP contribution in [0.1, 0.15) is 30.5 Å². The summed E-state index contributed by atoms with van der Waals surface area (Å²) in [5, 5.41) is 4.71. The number of nitrogens with one attached hydrogen (secondary N) is 2. The average Bonchev–Trinajstić information content (AvgIpc) is 2.62. The van der Waals surface area contributed by atoms with Crippen molar-refractivity contribution in [1.82, 2.24) is 10.3 Å². The van der Waals surface area contributed by atoms with Gasteiger partial charge in [0, 0.05) is 22.6 Å². The lowest BCUT2D eigenvalue weighted by atomic mass is 9.92. The van der Waals surface area contributed by atoms with Crippen molar-refractivity contribution < 1.29 is 0 Å². The Kier molecular flexibility index (Phi) is 2.55. The predicted octanol–water partition coefficient (Wildman–Crippen LogP) is 3.24. The van der Waals surface area contributed by atoms with Gasteiger partial charge in [0.25, 0.3) is 0 Å². The molecule has 0 saturated carbocycles. The minimum Gasteiger partial charge on any atom is -0.361 e. The predicted molar refractivity (Wildman–Crippen MR) is 69.9 cm³/mol. The fourth-order valence-electron chi connectivity index (χ4n) is 2.29. The maximum Gasteiger partial charge on any atom is 0.0462 e. The van der Waals surface area contributed by atoms with Crippen molar-refractivity contribution in [3.05, 3.63) is 35.0 Å². The van der Waals surface area contributed by atoms with Gasteiger partial charge in [0.1, 0.15) is 0 Å². The maximum absolute atomic E-state index is 3.37. The summed E-state index contributed by atoms with van der Waals surface area (Å²) in [6.45, 7) is 8.72. The van der Waals surface area contributed by atoms with Gasteiger partial charge < -0.3 is 10.3 Å². The molecule has 0 aliphatic rings. The zero-order valence-corrected chi connectivity index (χ0v) is 10.7. The number of hydrogen-bond donors (Lipinski definition) is 2. The largest absolute Gasteiger partial charge is 0.361 e. The minimum atomic E-state index is -0.00172. The van der Waals surface area contributed by atoms with Crippen molar-refractivity contribution in [3.63, 3.8) is 0 Å². The molecule has 0 spiro atoms. The van der Waals surface area contributed by atoms with Gasteiger partial charge in [-0.05, 0) is 57.5 Å². The van der Waals surface area contributed by atoms with Gasteiger partial charge in [0.05, 0.1) is 0 Å². The Bertz CT molecular complexity index is 521. The molecule has 0 aliphatic heterocycles. The number of H-pyrrole nitrogens is 1. The number of fused-ring (bicyclic) bond motifs is 1. The van der Waals surface area contributed by atoms with Crippen LogP contribution in [0, 0.1) is 13.8 Å². The number of hydrogen-bond acceptors (Lipinski definition) is 1. The second-order valence-corrected chi connectivity index (χ2v) is 5.08. The zero-order valence-electron chi connectivity index (χ0n) is 10.7. The lowest BCUT2D eigenvalue weighted by molar-refractivity contribution is 0.448. The minimum absolute atomic E-state index is 0.00172. The van der Waals surface area contributed by atoms with Crippen LogP contribution >= 0.6 is 0 Å². The average molecular weight is 216 g/mol. The highest BCUT2D eigenvalue weighted by atomic mass is 14.9. The van der Waals surface area contributed by atoms with E-state index in [1.54, 1.807) is 0 Å². The third-order valence-electron chi connectivity index (χ3n) is 3.42. The molecule has 16 heavy (non-hydrogen) atoms. The molecule has 1 aromatic heterocycles. The monoisotopic (exact) mass is 216 g/mol. The van der Waals surface area contributed by atoms with Crippen LogP contribution in [0.2, 0.25) is 0 Å². The Hall–Kier alpha value is -1.28. The van der Waals surface area contributed by atoms with E-state index in [1.165, 1.54) is 27.6 Å². The molecule has 2 heteroatoms. The first-order chi connectivity index (χ1) is 7.45. The summed E-state index contributed by atoms with van der Waals surface area (Å²) in [5.74, 6) is 0. The summed E-state index contributed by atoms with van der Waals surface area (Å²) in [6, 6.07) is 4.45. The Morgan fingerprint density at radius 1 is 1.19 bits per heavy atom. The highest BCUT2D eigenvalue weighted by molar-refractivity contribution is 5.88. The second kappa shape index (κ2) is 3.63. The van der Waals surface area contributed by atoms with E-state index in [2.05, 4.69) is 56.3 Å². The summed E-state index contributed by atoms with van der Waals surface area (Å²) in [7, 11) is 2.00. The number of aryl methyl sites for hydroxylation is 2. The van der Waals surface area contributed by atoms with E-state index >= 15 is 0 Å². The smallest absolute Gasteiger partial charge is 0.0462 e. The second-order valence-electron chi connectivity index (χ2n) is 5.08. The normalized spacial score (nSPS) is 12.3. The SMILES string of the molecule is CNC(C)(C)c1c[nH]c2cc(C)cc(C)c12. The Morgan fingerprint density at radius 3 is 2.50 bits per heavy atom. The molecule has 2 N–H and O–H groups in total. The zero-order chi connectivity index (χ0) is 11.9. The molecule has 1 heterocycles. The molecule has 0 unspecified atom stereocenters. The van der Waals surface area contributed by atoms with Gasteiger partial charge in [0.15, 0.2) is 0 Å². The van der Waals surface area contributed by atoms with E-state index in [9.17, 15) is 0 Å². The molecule has 0 amide bonds. The van der Waals surface area contributed by atoms with Gasteiger partial charge in [-0.15, -0.1) is 0 Å². The highest BCUT2D eigenvalue weighted by Gasteiger charge is 2.22. The van der Waals surface area contributed by atoms with Crippen LogP contribution in [0.4, 0.5) is 0 Å². The quantitative estimate of drug-likeness (QED) is 0.792. The number of rotatable bonds is 2. The van der Waals surface area contributed by atoms with Crippen LogP contribution < -0.4 is 5.32 Å². The molecule has 0 fully saturated rings. The van der Waals surface area contributed by atoms with E-state index in [4.69, 9.17) is 0 Å². The van der Waals surface area contributed by atoms with Crippen molar-refractivity contribution >= 4 is 10.9 Å². The third-order valence-corrected chi connectivity index (χ3v) is 3.42. The molecule has 86 valence electrons. The molecule has 2 aromatic rings. The lowest BCUT2D eigenvalue weighted by Crippen LogP contribution is -2.32. The maximum atomic E-state index is 3.37. The lowest BCUT2D eigenvalue weighted by Gasteiger charge is -2.24. The van der Waals surface area contributed by atoms with Crippen LogP contribution in [0.3, 0.4) is 0 Å². The van der Waals surface area contributed by atoms with E-state index in [0.29, 0.717) is 0 Å². The number of benzene rings is 1. The van der Waals surface area contributed by atoms with Gasteiger partial charge in [0.2, 0.25) is 0 Å². The Labute approximate surface area is 97.1 Å². The highest BCUT2D eigenvalue weighted by Crippen LogP contribution is 2.31. The molecule has 0 bridgehead atoms. The first-order valence-corrected chi connectivity index (χ1v) is 5.73. The first-order valence-electron chi connectivity index (χ1n) is 5.73. The van der Waals surface area contributed by atoms with Gasteiger partial charge in [-0.2, -0.15) is 0 Å². The van der Waals surface area contributed by atoms with Crippen molar-refractivity contribution in [2.75, 3.05) is 7.05 Å². The third kappa shape index (κ3) is 1.63. The fraction of sp³-hybridized carbons (Fsp3) is 0.429. The summed E-state index contributed by atoms with van der Waals surface area (Å²) < 4.78 is 0. The summed E-state index contributed by atoms with van der Waals surface area (Å²) in [5.41, 5.74) is 5.21. The summed E-state index contributed by atoms with van der Waals surface area (Å²) in [4.78, 5) is 3.37. The van der Waals surface area contributed by atoms with Gasteiger partial charge in [-0.3, -0.25) is 0 Å². The van der Waals surface area contributed by atoms with Gasteiger partial charge >= 0.3 is 0 Å². The van der Waals surface area contributed by atoms with Crippen molar-refractivity contribution in [2.24, 2.45) is 0 Å². The van der Waals surface area contributed by atoms with E-state index in [0.717, 1.165) is 0 Å². The van der Waals surface area contributed by atoms with E-state index in [-0.39, 0.29) is 5.54 Å². The standard InChI is InChI=1S/C14H20N2/c1-9-6-10(2)13-11(14(3,4)15-5)8-16-12(13)7-9/h6-8,15-16H,1-5H3. The number of aromatic nitrogens is 1. The molecule has 1 aromatic carbocycles. The van der Waals surface area contributed by atoms with Crippen LogP contribution in [0.15, 0.2) is 18.3 Å². The summed E-state index contributed by atoms with van der Waals surface area (Å²) >= 11 is 0. The Balaban J connectivity index is 2.74. The Morgan fingerprint density at radius 2 is 1.88 bits per heavy atom. The van der Waals surface area contributed by atoms with Crippen LogP contribution in [-0.2, 0) is 5.54 Å².